The van der Waals surface area contributed by atoms with E-state index in [1.165, 1.54) is 12.0 Å². The van der Waals surface area contributed by atoms with Gasteiger partial charge in [-0.15, -0.1) is 0 Å². The Morgan fingerprint density at radius 1 is 1.17 bits per heavy atom. The molecule has 1 aromatic rings. The maximum Gasteiger partial charge on any atom is 0.416 e. The van der Waals surface area contributed by atoms with Crippen molar-refractivity contribution in [2.24, 2.45) is 0 Å². The number of anilines is 1. The summed E-state index contributed by atoms with van der Waals surface area (Å²) < 4.78 is 43.9. The van der Waals surface area contributed by atoms with Crippen molar-refractivity contribution in [3.8, 4) is 0 Å². The number of carbonyl (C=O) groups is 1. The predicted molar refractivity (Wildman–Crippen MR) is 88.7 cm³/mol. The van der Waals surface area contributed by atoms with Crippen molar-refractivity contribution in [3.05, 3.63) is 35.2 Å². The summed E-state index contributed by atoms with van der Waals surface area (Å²) in [4.78, 5) is 11.8. The van der Waals surface area contributed by atoms with Crippen molar-refractivity contribution in [3.63, 3.8) is 0 Å². The summed E-state index contributed by atoms with van der Waals surface area (Å²) in [5.74, 6) is 0.678. The van der Waals surface area contributed by atoms with Crippen molar-refractivity contribution in [1.82, 2.24) is 0 Å². The summed E-state index contributed by atoms with van der Waals surface area (Å²) in [6, 6.07) is 3.58. The zero-order valence-corrected chi connectivity index (χ0v) is 14.8. The van der Waals surface area contributed by atoms with E-state index in [1.54, 1.807) is 20.8 Å². The standard InChI is InChI=1S/C18H25F3NO2/c1-12(2)6-7-13-8-9-14(18(19,20)21)10-15(13)22-11-16(23)24-17(3,4)5/h8-10,22H,6-7,11H2,1-5H3. The van der Waals surface area contributed by atoms with Crippen LogP contribution in [0.5, 0.6) is 0 Å². The molecule has 0 atom stereocenters. The lowest BCUT2D eigenvalue weighted by atomic mass is 9.99. The van der Waals surface area contributed by atoms with E-state index >= 15 is 0 Å². The molecule has 1 N–H and O–H groups in total. The van der Waals surface area contributed by atoms with Crippen LogP contribution in [0, 0.1) is 5.92 Å². The van der Waals surface area contributed by atoms with Crippen LogP contribution in [0.15, 0.2) is 18.2 Å². The van der Waals surface area contributed by atoms with E-state index in [9.17, 15) is 18.0 Å². The zero-order chi connectivity index (χ0) is 18.5. The largest absolute Gasteiger partial charge is 0.459 e. The van der Waals surface area contributed by atoms with Crippen LogP contribution in [-0.4, -0.2) is 18.1 Å². The number of rotatable bonds is 6. The van der Waals surface area contributed by atoms with Crippen LogP contribution in [0.2, 0.25) is 0 Å². The third-order valence-corrected chi connectivity index (χ3v) is 3.17. The Hall–Kier alpha value is -1.72. The fourth-order valence-corrected chi connectivity index (χ4v) is 2.07. The highest BCUT2D eigenvalue weighted by atomic mass is 19.4. The molecule has 135 valence electrons. The number of alkyl halides is 3. The molecule has 0 bridgehead atoms. The highest BCUT2D eigenvalue weighted by Crippen LogP contribution is 2.33. The fraction of sp³-hybridized carbons (Fsp3) is 0.556. The van der Waals surface area contributed by atoms with E-state index < -0.39 is 23.3 Å². The molecule has 0 saturated carbocycles. The van der Waals surface area contributed by atoms with Gasteiger partial charge in [-0.25, -0.2) is 0 Å². The number of ether oxygens (including phenoxy) is 1. The average Bonchev–Trinajstić information content (AvgIpc) is 2.40. The van der Waals surface area contributed by atoms with Gasteiger partial charge in [-0.1, -0.05) is 19.9 Å². The van der Waals surface area contributed by atoms with Gasteiger partial charge in [-0.2, -0.15) is 13.2 Å². The molecule has 1 radical (unpaired) electrons. The molecule has 0 amide bonds. The average molecular weight is 344 g/mol. The van der Waals surface area contributed by atoms with Crippen LogP contribution in [-0.2, 0) is 22.1 Å². The number of nitrogens with one attached hydrogen (secondary N) is 1. The number of carbonyl (C=O) groups excluding carboxylic acids is 1. The monoisotopic (exact) mass is 344 g/mol. The molecule has 0 aliphatic rings. The lowest BCUT2D eigenvalue weighted by Crippen LogP contribution is -2.28. The number of halogens is 3. The summed E-state index contributed by atoms with van der Waals surface area (Å²) >= 11 is 0. The number of benzene rings is 1. The number of hydrogen-bond acceptors (Lipinski definition) is 3. The topological polar surface area (TPSA) is 38.3 Å². The second kappa shape index (κ2) is 7.90. The van der Waals surface area contributed by atoms with Crippen molar-refractivity contribution in [1.29, 1.82) is 0 Å². The number of aryl methyl sites for hydroxylation is 1. The van der Waals surface area contributed by atoms with Crippen molar-refractivity contribution in [2.75, 3.05) is 11.9 Å². The Kier molecular flexibility index (Phi) is 6.69. The third kappa shape index (κ3) is 7.23. The van der Waals surface area contributed by atoms with Gasteiger partial charge in [0.05, 0.1) is 5.56 Å². The fourth-order valence-electron chi connectivity index (χ4n) is 2.07. The van der Waals surface area contributed by atoms with Crippen LogP contribution >= 0.6 is 0 Å². The quantitative estimate of drug-likeness (QED) is 0.738. The summed E-state index contributed by atoms with van der Waals surface area (Å²) in [6.45, 7) is 8.97. The first kappa shape index (κ1) is 20.3. The van der Waals surface area contributed by atoms with Crippen LogP contribution < -0.4 is 5.32 Å². The maximum absolute atomic E-state index is 12.9. The van der Waals surface area contributed by atoms with Gasteiger partial charge in [0, 0.05) is 5.69 Å². The van der Waals surface area contributed by atoms with E-state index in [-0.39, 0.29) is 6.54 Å². The Morgan fingerprint density at radius 2 is 1.79 bits per heavy atom. The summed E-state index contributed by atoms with van der Waals surface area (Å²) in [6.07, 6.45) is -3.04. The van der Waals surface area contributed by atoms with Gasteiger partial charge in [0.1, 0.15) is 12.1 Å². The van der Waals surface area contributed by atoms with Gasteiger partial charge in [-0.3, -0.25) is 4.79 Å². The maximum atomic E-state index is 12.9. The lowest BCUT2D eigenvalue weighted by molar-refractivity contribution is -0.152. The van der Waals surface area contributed by atoms with Gasteiger partial charge in [0.15, 0.2) is 0 Å². The Balaban J connectivity index is 2.92. The summed E-state index contributed by atoms with van der Waals surface area (Å²) in [5.41, 5.74) is -0.316. The van der Waals surface area contributed by atoms with Crippen molar-refractivity contribution < 1.29 is 22.7 Å². The molecule has 6 heteroatoms. The molecule has 1 aromatic carbocycles. The smallest absolute Gasteiger partial charge is 0.416 e. The van der Waals surface area contributed by atoms with Gasteiger partial charge >= 0.3 is 12.1 Å². The Labute approximate surface area is 141 Å². The van der Waals surface area contributed by atoms with Gasteiger partial charge in [0.2, 0.25) is 0 Å². The van der Waals surface area contributed by atoms with Crippen LogP contribution in [0.4, 0.5) is 18.9 Å². The minimum absolute atomic E-state index is 0.180. The Bertz CT molecular complexity index is 560. The molecule has 24 heavy (non-hydrogen) atoms. The molecule has 0 aliphatic carbocycles. The van der Waals surface area contributed by atoms with Crippen LogP contribution in [0.25, 0.3) is 0 Å². The molecule has 0 unspecified atom stereocenters. The molecular formula is C18H25F3NO2. The molecule has 0 heterocycles. The zero-order valence-electron chi connectivity index (χ0n) is 14.8. The first-order valence-corrected chi connectivity index (χ1v) is 7.83. The Morgan fingerprint density at radius 3 is 2.29 bits per heavy atom. The normalized spacial score (nSPS) is 12.4. The minimum Gasteiger partial charge on any atom is -0.459 e. The van der Waals surface area contributed by atoms with Crippen LogP contribution in [0.1, 0.15) is 52.2 Å². The highest BCUT2D eigenvalue weighted by Gasteiger charge is 2.31. The van der Waals surface area contributed by atoms with Crippen molar-refractivity contribution in [2.45, 2.75) is 59.2 Å². The highest BCUT2D eigenvalue weighted by molar-refractivity contribution is 5.76. The molecule has 0 spiro atoms. The molecule has 0 saturated heterocycles. The minimum atomic E-state index is -4.42. The molecular weight excluding hydrogens is 319 g/mol. The van der Waals surface area contributed by atoms with Gasteiger partial charge < -0.3 is 10.1 Å². The van der Waals surface area contributed by atoms with Crippen molar-refractivity contribution >= 4 is 11.7 Å². The lowest BCUT2D eigenvalue weighted by Gasteiger charge is -2.20. The van der Waals surface area contributed by atoms with E-state index in [2.05, 4.69) is 5.32 Å². The molecule has 0 fully saturated rings. The summed E-state index contributed by atoms with van der Waals surface area (Å²) in [7, 11) is 0. The van der Waals surface area contributed by atoms with Crippen LogP contribution in [0.3, 0.4) is 0 Å². The molecule has 0 aromatic heterocycles. The summed E-state index contributed by atoms with van der Waals surface area (Å²) in [5, 5.41) is 2.79. The second-order valence-electron chi connectivity index (χ2n) is 7.02. The second-order valence-corrected chi connectivity index (χ2v) is 7.02. The number of esters is 1. The van der Waals surface area contributed by atoms with E-state index in [0.29, 0.717) is 12.1 Å². The predicted octanol–water partition coefficient (Wildman–Crippen LogP) is 5.01. The molecule has 0 aliphatic heterocycles. The van der Waals surface area contributed by atoms with E-state index in [0.717, 1.165) is 24.1 Å². The third-order valence-electron chi connectivity index (χ3n) is 3.17. The van der Waals surface area contributed by atoms with E-state index in [1.807, 2.05) is 13.8 Å². The molecule has 1 rings (SSSR count). The number of hydrogen-bond donors (Lipinski definition) is 1. The van der Waals surface area contributed by atoms with Gasteiger partial charge in [-0.05, 0) is 57.2 Å². The first-order chi connectivity index (χ1) is 10.9. The molecule has 3 nitrogen and oxygen atoms in total. The SMILES string of the molecule is C[C](C)CCc1ccc(C(F)(F)F)cc1NCC(=O)OC(C)(C)C. The van der Waals surface area contributed by atoms with E-state index in [4.69, 9.17) is 4.74 Å². The first-order valence-electron chi connectivity index (χ1n) is 7.83. The van der Waals surface area contributed by atoms with Gasteiger partial charge in [0.25, 0.3) is 0 Å².